The van der Waals surface area contributed by atoms with Crippen LogP contribution in [0.15, 0.2) is 23.9 Å². The number of carbonyl (C=O) groups excluding carboxylic acids is 2. The number of fused-ring (bicyclic) bond motifs is 1. The molecular weight excluding hydrogens is 300 g/mol. The number of carboxylic acid groups (broad SMARTS) is 1. The van der Waals surface area contributed by atoms with Gasteiger partial charge in [-0.15, -0.1) is 11.8 Å². The first kappa shape index (κ1) is 15.4. The van der Waals surface area contributed by atoms with Gasteiger partial charge in [-0.3, -0.25) is 9.69 Å². The Kier molecular flexibility index (Phi) is 4.53. The molecule has 0 aromatic carbocycles. The monoisotopic (exact) mass is 314 g/mol. The average molecular weight is 314 g/mol. The van der Waals surface area contributed by atoms with E-state index < -0.39 is 36.0 Å². The molecule has 1 saturated heterocycles. The molecule has 2 amide bonds. The second-order valence-electron chi connectivity index (χ2n) is 4.33. The van der Waals surface area contributed by atoms with Crippen LogP contribution in [0.3, 0.4) is 0 Å². The molecule has 2 aliphatic rings. The van der Waals surface area contributed by atoms with Gasteiger partial charge in [-0.25, -0.2) is 9.59 Å². The molecule has 2 aliphatic heterocycles. The number of carboxylic acids is 1. The van der Waals surface area contributed by atoms with Gasteiger partial charge < -0.3 is 20.3 Å². The Bertz CT molecular complexity index is 532. The van der Waals surface area contributed by atoms with Crippen LogP contribution in [0.1, 0.15) is 0 Å². The van der Waals surface area contributed by atoms with Gasteiger partial charge in [0.25, 0.3) is 5.91 Å². The van der Waals surface area contributed by atoms with Crippen LogP contribution in [0.2, 0.25) is 0 Å². The summed E-state index contributed by atoms with van der Waals surface area (Å²) < 4.78 is 4.73. The Morgan fingerprint density at radius 1 is 1.57 bits per heavy atom. The van der Waals surface area contributed by atoms with E-state index >= 15 is 0 Å². The molecule has 9 heteroatoms. The summed E-state index contributed by atoms with van der Waals surface area (Å²) in [4.78, 5) is 35.8. The Morgan fingerprint density at radius 3 is 2.86 bits per heavy atom. The average Bonchev–Trinajstić information content (AvgIpc) is 2.48. The van der Waals surface area contributed by atoms with Crippen LogP contribution in [0.4, 0.5) is 4.79 Å². The minimum absolute atomic E-state index is 0.0171. The second kappa shape index (κ2) is 6.19. The Morgan fingerprint density at radius 2 is 2.29 bits per heavy atom. The van der Waals surface area contributed by atoms with Gasteiger partial charge in [0.05, 0.1) is 6.61 Å². The number of carbonyl (C=O) groups is 3. The molecule has 3 N–H and O–H groups in total. The van der Waals surface area contributed by atoms with E-state index in [4.69, 9.17) is 14.9 Å². The van der Waals surface area contributed by atoms with Crippen molar-refractivity contribution < 1.29 is 29.3 Å². The predicted octanol–water partition coefficient (Wildman–Crippen LogP) is -0.487. The number of aliphatic hydroxyl groups is 1. The maximum Gasteiger partial charge on any atom is 0.408 e. The van der Waals surface area contributed by atoms with Crippen LogP contribution < -0.4 is 5.32 Å². The van der Waals surface area contributed by atoms with Crippen molar-refractivity contribution in [3.8, 4) is 0 Å². The summed E-state index contributed by atoms with van der Waals surface area (Å²) in [6.45, 7) is 2.99. The SMILES string of the molecule is C=CCOC(=O)N[C@@H]1C(=O)N2C(C(=O)O)=C(CO)CS[C@H]12. The first-order valence-electron chi connectivity index (χ1n) is 6.06. The van der Waals surface area contributed by atoms with Gasteiger partial charge >= 0.3 is 12.1 Å². The van der Waals surface area contributed by atoms with Gasteiger partial charge in [-0.2, -0.15) is 0 Å². The molecule has 0 spiro atoms. The molecule has 21 heavy (non-hydrogen) atoms. The first-order valence-corrected chi connectivity index (χ1v) is 7.11. The zero-order valence-electron chi connectivity index (χ0n) is 10.9. The molecule has 2 atom stereocenters. The highest BCUT2D eigenvalue weighted by Gasteiger charge is 2.54. The summed E-state index contributed by atoms with van der Waals surface area (Å²) in [6, 6.07) is -0.832. The number of β-lactam (4-membered cyclic amide) rings is 1. The number of nitrogens with zero attached hydrogens (tertiary/aromatic N) is 1. The van der Waals surface area contributed by atoms with Crippen LogP contribution in [0.5, 0.6) is 0 Å². The quantitative estimate of drug-likeness (QED) is 0.463. The van der Waals surface area contributed by atoms with Crippen LogP contribution in [0, 0.1) is 0 Å². The maximum absolute atomic E-state index is 12.0. The highest BCUT2D eigenvalue weighted by molar-refractivity contribution is 8.00. The Hall–Kier alpha value is -2.00. The van der Waals surface area contributed by atoms with Crippen LogP contribution in [-0.2, 0) is 14.3 Å². The summed E-state index contributed by atoms with van der Waals surface area (Å²) in [5.74, 6) is -1.52. The molecule has 2 heterocycles. The van der Waals surface area contributed by atoms with Gasteiger partial charge in [0.1, 0.15) is 23.7 Å². The smallest absolute Gasteiger partial charge is 0.408 e. The lowest BCUT2D eigenvalue weighted by atomic mass is 10.0. The molecule has 0 aromatic rings. The summed E-state index contributed by atoms with van der Waals surface area (Å²) in [5.41, 5.74) is 0.0774. The summed E-state index contributed by atoms with van der Waals surface area (Å²) in [7, 11) is 0. The number of hydrogen-bond acceptors (Lipinski definition) is 6. The van der Waals surface area contributed by atoms with Gasteiger partial charge in [0, 0.05) is 5.75 Å². The summed E-state index contributed by atoms with van der Waals surface area (Å²) in [5, 5.41) is 20.2. The fraction of sp³-hybridized carbons (Fsp3) is 0.417. The van der Waals surface area contributed by atoms with Gasteiger partial charge in [0.2, 0.25) is 0 Å². The van der Waals surface area contributed by atoms with E-state index in [1.165, 1.54) is 17.8 Å². The third-order valence-electron chi connectivity index (χ3n) is 3.05. The van der Waals surface area contributed by atoms with Crippen molar-refractivity contribution in [1.29, 1.82) is 0 Å². The minimum Gasteiger partial charge on any atom is -0.477 e. The Labute approximate surface area is 124 Å². The van der Waals surface area contributed by atoms with E-state index in [9.17, 15) is 14.4 Å². The van der Waals surface area contributed by atoms with E-state index in [-0.39, 0.29) is 23.6 Å². The van der Waals surface area contributed by atoms with Crippen molar-refractivity contribution >= 4 is 29.7 Å². The molecule has 0 bridgehead atoms. The van der Waals surface area contributed by atoms with Gasteiger partial charge in [0.15, 0.2) is 0 Å². The molecule has 1 fully saturated rings. The molecule has 0 saturated carbocycles. The number of hydrogen-bond donors (Lipinski definition) is 3. The fourth-order valence-corrected chi connectivity index (χ4v) is 3.44. The number of thioether (sulfide) groups is 1. The molecule has 0 radical (unpaired) electrons. The normalized spacial score (nSPS) is 24.0. The number of alkyl carbamates (subject to hydrolysis) is 1. The van der Waals surface area contributed by atoms with Crippen molar-refractivity contribution in [2.24, 2.45) is 0 Å². The number of ether oxygens (including phenoxy) is 1. The zero-order valence-corrected chi connectivity index (χ0v) is 11.8. The molecular formula is C12H14N2O6S. The lowest BCUT2D eigenvalue weighted by Gasteiger charge is -2.49. The van der Waals surface area contributed by atoms with Crippen molar-refractivity contribution in [1.82, 2.24) is 10.2 Å². The lowest BCUT2D eigenvalue weighted by molar-refractivity contribution is -0.149. The number of rotatable bonds is 5. The number of amides is 2. The molecule has 2 rings (SSSR count). The third-order valence-corrected chi connectivity index (χ3v) is 4.39. The van der Waals surface area contributed by atoms with E-state index in [1.54, 1.807) is 0 Å². The van der Waals surface area contributed by atoms with E-state index in [2.05, 4.69) is 11.9 Å². The second-order valence-corrected chi connectivity index (χ2v) is 5.44. The molecule has 0 aromatic heterocycles. The first-order chi connectivity index (χ1) is 10.0. The van der Waals surface area contributed by atoms with E-state index in [0.29, 0.717) is 0 Å². The topological polar surface area (TPSA) is 116 Å². The zero-order chi connectivity index (χ0) is 15.6. The van der Waals surface area contributed by atoms with Gasteiger partial charge in [-0.05, 0) is 5.57 Å². The largest absolute Gasteiger partial charge is 0.477 e. The predicted molar refractivity (Wildman–Crippen MR) is 73.3 cm³/mol. The van der Waals surface area contributed by atoms with Crippen molar-refractivity contribution in [2.45, 2.75) is 11.4 Å². The molecule has 8 nitrogen and oxygen atoms in total. The molecule has 0 aliphatic carbocycles. The van der Waals surface area contributed by atoms with Crippen LogP contribution >= 0.6 is 11.8 Å². The highest BCUT2D eigenvalue weighted by atomic mass is 32.2. The fourth-order valence-electron chi connectivity index (χ4n) is 2.11. The van der Waals surface area contributed by atoms with E-state index in [0.717, 1.165) is 4.90 Å². The molecule has 0 unspecified atom stereocenters. The standard InChI is InChI=1S/C12H14N2O6S/c1-2-3-20-12(19)13-7-9(16)14-8(11(17)18)6(4-15)5-21-10(7)14/h2,7,10,15H,1,3-5H2,(H,13,19)(H,17,18)/t7-,10-/m1/s1. The highest BCUT2D eigenvalue weighted by Crippen LogP contribution is 2.40. The van der Waals surface area contributed by atoms with Crippen molar-refractivity contribution in [3.05, 3.63) is 23.9 Å². The van der Waals surface area contributed by atoms with Crippen molar-refractivity contribution in [2.75, 3.05) is 19.0 Å². The van der Waals surface area contributed by atoms with Crippen molar-refractivity contribution in [3.63, 3.8) is 0 Å². The van der Waals surface area contributed by atoms with Crippen LogP contribution in [-0.4, -0.2) is 63.5 Å². The van der Waals surface area contributed by atoms with Gasteiger partial charge in [-0.1, -0.05) is 12.7 Å². The Balaban J connectivity index is 2.09. The lowest BCUT2D eigenvalue weighted by Crippen LogP contribution is -2.70. The third kappa shape index (κ3) is 2.74. The van der Waals surface area contributed by atoms with E-state index in [1.807, 2.05) is 0 Å². The number of aliphatic carboxylic acids is 1. The summed E-state index contributed by atoms with van der Waals surface area (Å²) >= 11 is 1.28. The number of nitrogens with one attached hydrogen (secondary N) is 1. The maximum atomic E-state index is 12.0. The molecule has 114 valence electrons. The summed E-state index contributed by atoms with van der Waals surface area (Å²) in [6.07, 6.45) is 0.630. The number of aliphatic hydroxyl groups excluding tert-OH is 1. The minimum atomic E-state index is -1.27. The van der Waals surface area contributed by atoms with Crippen LogP contribution in [0.25, 0.3) is 0 Å².